The summed E-state index contributed by atoms with van der Waals surface area (Å²) in [6, 6.07) is 8.74. The minimum atomic E-state index is 0.242. The van der Waals surface area contributed by atoms with Gasteiger partial charge in [0.25, 0.3) is 0 Å². The molecule has 1 aliphatic rings. The molecule has 1 aliphatic heterocycles. The topological polar surface area (TPSA) is 33.2 Å². The zero-order valence-corrected chi connectivity index (χ0v) is 14.9. The quantitative estimate of drug-likeness (QED) is 0.786. The average molecular weight is 328 g/mol. The maximum atomic E-state index is 12.5. The highest BCUT2D eigenvalue weighted by Gasteiger charge is 2.23. The van der Waals surface area contributed by atoms with Crippen LogP contribution in [0.15, 0.2) is 29.3 Å². The number of carbonyl (C=O) groups excluding carboxylic acids is 1. The van der Waals surface area contributed by atoms with Crippen molar-refractivity contribution < 1.29 is 4.79 Å². The molecule has 0 N–H and O–H groups in total. The van der Waals surface area contributed by atoms with Gasteiger partial charge in [0.2, 0.25) is 5.91 Å². The van der Waals surface area contributed by atoms with Crippen LogP contribution in [-0.2, 0) is 4.79 Å². The molecule has 23 heavy (non-hydrogen) atoms. The van der Waals surface area contributed by atoms with Crippen LogP contribution in [-0.4, -0.2) is 34.1 Å². The van der Waals surface area contributed by atoms with Crippen molar-refractivity contribution in [1.29, 1.82) is 0 Å². The molecule has 1 unspecified atom stereocenters. The number of para-hydroxylation sites is 1. The first-order valence-corrected chi connectivity index (χ1v) is 9.34. The van der Waals surface area contributed by atoms with Gasteiger partial charge in [-0.3, -0.25) is 4.79 Å². The number of amides is 1. The monoisotopic (exact) mass is 328 g/mol. The molecule has 122 valence electrons. The van der Waals surface area contributed by atoms with Crippen LogP contribution < -0.4 is 0 Å². The Kier molecular flexibility index (Phi) is 4.90. The summed E-state index contributed by atoms with van der Waals surface area (Å²) in [7, 11) is 0. The summed E-state index contributed by atoms with van der Waals surface area (Å²) < 4.78 is 0. The number of thioether (sulfide) groups is 1. The summed E-state index contributed by atoms with van der Waals surface area (Å²) in [6.45, 7) is 7.26. The van der Waals surface area contributed by atoms with E-state index in [1.165, 1.54) is 22.9 Å². The molecule has 0 aliphatic carbocycles. The molecular weight excluding hydrogens is 304 g/mol. The second-order valence-corrected chi connectivity index (χ2v) is 7.46. The lowest BCUT2D eigenvalue weighted by atomic mass is 10.0. The van der Waals surface area contributed by atoms with E-state index in [1.54, 1.807) is 11.8 Å². The molecule has 0 radical (unpaired) electrons. The van der Waals surface area contributed by atoms with E-state index in [-0.39, 0.29) is 5.91 Å². The van der Waals surface area contributed by atoms with Crippen molar-refractivity contribution in [3.63, 3.8) is 0 Å². The van der Waals surface area contributed by atoms with Gasteiger partial charge in [0, 0.05) is 18.0 Å². The van der Waals surface area contributed by atoms with E-state index in [1.807, 2.05) is 4.90 Å². The zero-order chi connectivity index (χ0) is 16.4. The van der Waals surface area contributed by atoms with Gasteiger partial charge in [-0.05, 0) is 57.2 Å². The van der Waals surface area contributed by atoms with Crippen molar-refractivity contribution in [2.24, 2.45) is 0 Å². The fraction of sp³-hybridized carbons (Fsp3) is 0.474. The maximum absolute atomic E-state index is 12.5. The highest BCUT2D eigenvalue weighted by Crippen LogP contribution is 2.26. The number of hydrogen-bond donors (Lipinski definition) is 0. The number of aryl methyl sites for hydroxylation is 2. The Morgan fingerprint density at radius 1 is 1.30 bits per heavy atom. The molecule has 1 fully saturated rings. The highest BCUT2D eigenvalue weighted by molar-refractivity contribution is 7.99. The van der Waals surface area contributed by atoms with Crippen molar-refractivity contribution in [3.8, 4) is 0 Å². The average Bonchev–Trinajstić information content (AvgIpc) is 2.54. The molecule has 0 saturated carbocycles. The second kappa shape index (κ2) is 6.91. The summed E-state index contributed by atoms with van der Waals surface area (Å²) in [6.07, 6.45) is 3.50. The van der Waals surface area contributed by atoms with E-state index in [9.17, 15) is 4.79 Å². The van der Waals surface area contributed by atoms with E-state index in [4.69, 9.17) is 4.98 Å². The molecule has 3 nitrogen and oxygen atoms in total. The molecule has 1 saturated heterocycles. The Hall–Kier alpha value is -1.55. The number of nitrogens with zero attached hydrogens (tertiary/aromatic N) is 2. The Balaban J connectivity index is 1.74. The molecule has 2 heterocycles. The Morgan fingerprint density at radius 2 is 2.13 bits per heavy atom. The van der Waals surface area contributed by atoms with Crippen LogP contribution in [0.4, 0.5) is 0 Å². The van der Waals surface area contributed by atoms with Crippen molar-refractivity contribution in [1.82, 2.24) is 9.88 Å². The maximum Gasteiger partial charge on any atom is 0.233 e. The van der Waals surface area contributed by atoms with Gasteiger partial charge in [0.05, 0.1) is 16.3 Å². The molecule has 1 amide bonds. The van der Waals surface area contributed by atoms with Gasteiger partial charge in [-0.25, -0.2) is 4.98 Å². The smallest absolute Gasteiger partial charge is 0.233 e. The number of pyridine rings is 1. The Labute approximate surface area is 142 Å². The number of fused-ring (bicyclic) bond motifs is 1. The summed E-state index contributed by atoms with van der Waals surface area (Å²) in [5.41, 5.74) is 3.46. The van der Waals surface area contributed by atoms with E-state index in [2.05, 4.69) is 45.0 Å². The molecule has 0 spiro atoms. The molecule has 2 aromatic rings. The van der Waals surface area contributed by atoms with Crippen LogP contribution in [0.5, 0.6) is 0 Å². The van der Waals surface area contributed by atoms with Crippen LogP contribution in [0, 0.1) is 13.8 Å². The first kappa shape index (κ1) is 16.3. The fourth-order valence-corrected chi connectivity index (χ4v) is 4.15. The first-order valence-electron chi connectivity index (χ1n) is 8.35. The van der Waals surface area contributed by atoms with Gasteiger partial charge >= 0.3 is 0 Å². The minimum Gasteiger partial charge on any atom is -0.339 e. The summed E-state index contributed by atoms with van der Waals surface area (Å²) in [5, 5.41) is 2.15. The van der Waals surface area contributed by atoms with Crippen LogP contribution in [0.1, 0.15) is 37.3 Å². The van der Waals surface area contributed by atoms with Crippen molar-refractivity contribution in [2.75, 3.05) is 12.3 Å². The lowest BCUT2D eigenvalue weighted by molar-refractivity contribution is -0.131. The van der Waals surface area contributed by atoms with Gasteiger partial charge in [0.15, 0.2) is 0 Å². The van der Waals surface area contributed by atoms with Crippen LogP contribution in [0.25, 0.3) is 10.9 Å². The number of hydrogen-bond acceptors (Lipinski definition) is 3. The Morgan fingerprint density at radius 3 is 2.91 bits per heavy atom. The van der Waals surface area contributed by atoms with Crippen molar-refractivity contribution in [3.05, 3.63) is 35.4 Å². The van der Waals surface area contributed by atoms with Gasteiger partial charge in [-0.2, -0.15) is 0 Å². The molecule has 4 heteroatoms. The standard InChI is InChI=1S/C19H24N2OS/c1-13-7-6-9-16-14(2)11-17(20-19(13)16)23-12-18(22)21-10-5-4-8-15(21)3/h6-7,9,11,15H,4-5,8,10,12H2,1-3H3. The van der Waals surface area contributed by atoms with E-state index in [0.717, 1.165) is 29.9 Å². The third-order valence-electron chi connectivity index (χ3n) is 4.69. The second-order valence-electron chi connectivity index (χ2n) is 6.47. The van der Waals surface area contributed by atoms with Crippen LogP contribution >= 0.6 is 11.8 Å². The summed E-state index contributed by atoms with van der Waals surface area (Å²) in [5.74, 6) is 0.722. The van der Waals surface area contributed by atoms with Gasteiger partial charge in [-0.15, -0.1) is 0 Å². The molecule has 1 aromatic heterocycles. The minimum absolute atomic E-state index is 0.242. The van der Waals surface area contributed by atoms with Crippen molar-refractivity contribution in [2.45, 2.75) is 51.1 Å². The van der Waals surface area contributed by atoms with Gasteiger partial charge in [-0.1, -0.05) is 30.0 Å². The Bertz CT molecular complexity index is 729. The number of piperidine rings is 1. The van der Waals surface area contributed by atoms with E-state index < -0.39 is 0 Å². The van der Waals surface area contributed by atoms with Crippen LogP contribution in [0.2, 0.25) is 0 Å². The third kappa shape index (κ3) is 3.52. The molecule has 1 aromatic carbocycles. The molecular formula is C19H24N2OS. The summed E-state index contributed by atoms with van der Waals surface area (Å²) in [4.78, 5) is 19.3. The molecule has 0 bridgehead atoms. The number of benzene rings is 1. The number of likely N-dealkylation sites (tertiary alicyclic amines) is 1. The molecule has 3 rings (SSSR count). The predicted octanol–water partition coefficient (Wildman–Crippen LogP) is 4.34. The third-order valence-corrected chi connectivity index (χ3v) is 5.59. The predicted molar refractivity (Wildman–Crippen MR) is 97.0 cm³/mol. The SMILES string of the molecule is Cc1cc(SCC(=O)N2CCCCC2C)nc2c(C)cccc12. The fourth-order valence-electron chi connectivity index (χ4n) is 3.29. The summed E-state index contributed by atoms with van der Waals surface area (Å²) >= 11 is 1.56. The van der Waals surface area contributed by atoms with Crippen molar-refractivity contribution >= 4 is 28.6 Å². The first-order chi connectivity index (χ1) is 11.1. The number of aromatic nitrogens is 1. The largest absolute Gasteiger partial charge is 0.339 e. The molecule has 1 atom stereocenters. The van der Waals surface area contributed by atoms with Gasteiger partial charge < -0.3 is 4.90 Å². The lowest BCUT2D eigenvalue weighted by Gasteiger charge is -2.33. The lowest BCUT2D eigenvalue weighted by Crippen LogP contribution is -2.42. The number of carbonyl (C=O) groups is 1. The van der Waals surface area contributed by atoms with Crippen LogP contribution in [0.3, 0.4) is 0 Å². The normalized spacial score (nSPS) is 18.4. The van der Waals surface area contributed by atoms with Gasteiger partial charge in [0.1, 0.15) is 0 Å². The number of rotatable bonds is 3. The zero-order valence-electron chi connectivity index (χ0n) is 14.1. The van der Waals surface area contributed by atoms with E-state index in [0.29, 0.717) is 11.8 Å². The van der Waals surface area contributed by atoms with E-state index >= 15 is 0 Å². The highest BCUT2D eigenvalue weighted by atomic mass is 32.2.